The van der Waals surface area contributed by atoms with E-state index in [0.29, 0.717) is 11.4 Å². The van der Waals surface area contributed by atoms with Gasteiger partial charge in [0.2, 0.25) is 0 Å². The van der Waals surface area contributed by atoms with Gasteiger partial charge in [-0.05, 0) is 37.6 Å². The Hall–Kier alpha value is -1.99. The van der Waals surface area contributed by atoms with E-state index < -0.39 is 10.0 Å². The molecule has 0 radical (unpaired) electrons. The summed E-state index contributed by atoms with van der Waals surface area (Å²) in [6.45, 7) is 3.01. The summed E-state index contributed by atoms with van der Waals surface area (Å²) < 4.78 is 37.4. The second-order valence-corrected chi connectivity index (χ2v) is 6.23. The molecule has 2 rings (SSSR count). The Kier molecular flexibility index (Phi) is 4.24. The van der Waals surface area contributed by atoms with Gasteiger partial charge in [0.15, 0.2) is 0 Å². The summed E-state index contributed by atoms with van der Waals surface area (Å²) in [4.78, 5) is 0.0139. The number of anilines is 1. The van der Waals surface area contributed by atoms with E-state index in [4.69, 9.17) is 14.3 Å². The van der Waals surface area contributed by atoms with Crippen LogP contribution < -0.4 is 9.46 Å². The number of aryl methyl sites for hydroxylation is 2. The Balaban J connectivity index is 2.32. The minimum Gasteiger partial charge on any atom is -0.496 e. The summed E-state index contributed by atoms with van der Waals surface area (Å²) in [5.74, 6) is 1.12. The Morgan fingerprint density at radius 1 is 1.29 bits per heavy atom. The van der Waals surface area contributed by atoms with E-state index in [2.05, 4.69) is 4.72 Å². The van der Waals surface area contributed by atoms with Crippen LogP contribution in [0.1, 0.15) is 17.1 Å². The van der Waals surface area contributed by atoms with Gasteiger partial charge in [-0.3, -0.25) is 4.72 Å². The van der Waals surface area contributed by atoms with Gasteiger partial charge in [-0.15, -0.1) is 0 Å². The van der Waals surface area contributed by atoms with Crippen molar-refractivity contribution >= 4 is 15.7 Å². The maximum Gasteiger partial charge on any atom is 0.265 e. The largest absolute Gasteiger partial charge is 0.496 e. The molecule has 0 spiro atoms. The second kappa shape index (κ2) is 5.79. The van der Waals surface area contributed by atoms with Crippen LogP contribution in [0.25, 0.3) is 0 Å². The third kappa shape index (κ3) is 3.20. The monoisotopic (exact) mass is 311 g/mol. The standard InChI is InChI=1S/C14H17NO5S/c1-9-6-11(4-5-13(9)19-3)15-21(17,18)14-7-12(8-16)20-10(14)2/h4-7,15-16H,8H2,1-3H3. The van der Waals surface area contributed by atoms with Crippen LogP contribution in [-0.2, 0) is 16.6 Å². The van der Waals surface area contributed by atoms with Crippen LogP contribution in [0.2, 0.25) is 0 Å². The van der Waals surface area contributed by atoms with Gasteiger partial charge >= 0.3 is 0 Å². The highest BCUT2D eigenvalue weighted by Gasteiger charge is 2.21. The number of hydrogen-bond donors (Lipinski definition) is 2. The maximum atomic E-state index is 12.3. The Morgan fingerprint density at radius 3 is 2.52 bits per heavy atom. The van der Waals surface area contributed by atoms with Crippen LogP contribution in [0.5, 0.6) is 5.75 Å². The van der Waals surface area contributed by atoms with Crippen LogP contribution in [0.3, 0.4) is 0 Å². The fourth-order valence-electron chi connectivity index (χ4n) is 2.02. The van der Waals surface area contributed by atoms with Crippen molar-refractivity contribution in [2.24, 2.45) is 0 Å². The number of hydrogen-bond acceptors (Lipinski definition) is 5. The van der Waals surface area contributed by atoms with Crippen LogP contribution in [0, 0.1) is 13.8 Å². The Morgan fingerprint density at radius 2 is 2.00 bits per heavy atom. The molecule has 0 aliphatic carbocycles. The smallest absolute Gasteiger partial charge is 0.265 e. The first kappa shape index (κ1) is 15.4. The average molecular weight is 311 g/mol. The van der Waals surface area contributed by atoms with Crippen molar-refractivity contribution in [1.29, 1.82) is 0 Å². The summed E-state index contributed by atoms with van der Waals surface area (Å²) >= 11 is 0. The summed E-state index contributed by atoms with van der Waals surface area (Å²) in [5.41, 5.74) is 1.25. The van der Waals surface area contributed by atoms with Crippen molar-refractivity contribution < 1.29 is 22.7 Å². The molecule has 6 nitrogen and oxygen atoms in total. The zero-order valence-corrected chi connectivity index (χ0v) is 12.8. The molecular formula is C14H17NO5S. The Labute approximate surface area is 123 Å². The van der Waals surface area contributed by atoms with Crippen molar-refractivity contribution in [1.82, 2.24) is 0 Å². The summed E-state index contributed by atoms with van der Waals surface area (Å²) in [5, 5.41) is 9.00. The normalized spacial score (nSPS) is 11.4. The molecule has 0 aliphatic rings. The molecule has 114 valence electrons. The number of methoxy groups -OCH3 is 1. The molecule has 0 atom stereocenters. The molecule has 0 amide bonds. The molecule has 1 aromatic heterocycles. The second-order valence-electron chi connectivity index (χ2n) is 4.58. The van der Waals surface area contributed by atoms with Gasteiger partial charge in [-0.2, -0.15) is 0 Å². The third-order valence-corrected chi connectivity index (χ3v) is 4.50. The molecule has 2 aromatic rings. The highest BCUT2D eigenvalue weighted by atomic mass is 32.2. The van der Waals surface area contributed by atoms with Crippen molar-refractivity contribution in [3.8, 4) is 5.75 Å². The number of furan rings is 1. The number of aliphatic hydroxyl groups is 1. The molecule has 0 saturated carbocycles. The maximum absolute atomic E-state index is 12.3. The summed E-state index contributed by atoms with van der Waals surface area (Å²) in [7, 11) is -2.21. The lowest BCUT2D eigenvalue weighted by molar-refractivity contribution is 0.245. The van der Waals surface area contributed by atoms with E-state index in [1.165, 1.54) is 13.0 Å². The first-order valence-electron chi connectivity index (χ1n) is 6.25. The van der Waals surface area contributed by atoms with E-state index in [-0.39, 0.29) is 23.0 Å². The Bertz CT molecular complexity index is 749. The van der Waals surface area contributed by atoms with Gasteiger partial charge in [0, 0.05) is 11.8 Å². The first-order chi connectivity index (χ1) is 9.87. The van der Waals surface area contributed by atoms with Crippen molar-refractivity contribution in [2.45, 2.75) is 25.3 Å². The van der Waals surface area contributed by atoms with Gasteiger partial charge < -0.3 is 14.3 Å². The predicted octanol–water partition coefficient (Wildman–Crippen LogP) is 2.20. The molecule has 1 heterocycles. The topological polar surface area (TPSA) is 88.8 Å². The molecule has 0 bridgehead atoms. The van der Waals surface area contributed by atoms with E-state index in [1.54, 1.807) is 25.3 Å². The highest BCUT2D eigenvalue weighted by molar-refractivity contribution is 7.92. The third-order valence-electron chi connectivity index (χ3n) is 3.02. The van der Waals surface area contributed by atoms with Crippen molar-refractivity contribution in [2.75, 3.05) is 11.8 Å². The fourth-order valence-corrected chi connectivity index (χ4v) is 3.27. The quantitative estimate of drug-likeness (QED) is 0.883. The fraction of sp³-hybridized carbons (Fsp3) is 0.286. The molecule has 21 heavy (non-hydrogen) atoms. The molecule has 0 fully saturated rings. The summed E-state index contributed by atoms with van der Waals surface area (Å²) in [6, 6.07) is 6.30. The summed E-state index contributed by atoms with van der Waals surface area (Å²) in [6.07, 6.45) is 0. The van der Waals surface area contributed by atoms with E-state index >= 15 is 0 Å². The molecule has 2 N–H and O–H groups in total. The average Bonchev–Trinajstić information content (AvgIpc) is 2.81. The highest BCUT2D eigenvalue weighted by Crippen LogP contribution is 2.26. The zero-order valence-electron chi connectivity index (χ0n) is 12.0. The molecular weight excluding hydrogens is 294 g/mol. The number of sulfonamides is 1. The van der Waals surface area contributed by atoms with Crippen molar-refractivity contribution in [3.05, 3.63) is 41.3 Å². The van der Waals surface area contributed by atoms with Crippen LogP contribution in [0.15, 0.2) is 33.6 Å². The number of nitrogens with one attached hydrogen (secondary N) is 1. The predicted molar refractivity (Wildman–Crippen MR) is 77.9 cm³/mol. The lowest BCUT2D eigenvalue weighted by atomic mass is 10.2. The molecule has 7 heteroatoms. The van der Waals surface area contributed by atoms with E-state index in [1.807, 2.05) is 6.92 Å². The van der Waals surface area contributed by atoms with Crippen molar-refractivity contribution in [3.63, 3.8) is 0 Å². The molecule has 0 saturated heterocycles. The van der Waals surface area contributed by atoms with Crippen LogP contribution in [-0.4, -0.2) is 20.6 Å². The van der Waals surface area contributed by atoms with Crippen LogP contribution >= 0.6 is 0 Å². The number of ether oxygens (including phenoxy) is 1. The van der Waals surface area contributed by atoms with Gasteiger partial charge in [0.25, 0.3) is 10.0 Å². The minimum atomic E-state index is -3.77. The van der Waals surface area contributed by atoms with Gasteiger partial charge in [0.05, 0.1) is 7.11 Å². The first-order valence-corrected chi connectivity index (χ1v) is 7.73. The zero-order chi connectivity index (χ0) is 15.6. The number of aliphatic hydroxyl groups excluding tert-OH is 1. The van der Waals surface area contributed by atoms with Gasteiger partial charge in [0.1, 0.15) is 28.8 Å². The van der Waals surface area contributed by atoms with E-state index in [9.17, 15) is 8.42 Å². The minimum absolute atomic E-state index is 0.0139. The van der Waals surface area contributed by atoms with E-state index in [0.717, 1.165) is 5.56 Å². The number of benzene rings is 1. The lowest BCUT2D eigenvalue weighted by Gasteiger charge is -2.10. The SMILES string of the molecule is COc1ccc(NS(=O)(=O)c2cc(CO)oc2C)cc1C. The molecule has 1 aromatic carbocycles. The number of rotatable bonds is 5. The lowest BCUT2D eigenvalue weighted by Crippen LogP contribution is -2.13. The molecule has 0 unspecified atom stereocenters. The van der Waals surface area contributed by atoms with Gasteiger partial charge in [-0.25, -0.2) is 8.42 Å². The van der Waals surface area contributed by atoms with Gasteiger partial charge in [-0.1, -0.05) is 0 Å². The van der Waals surface area contributed by atoms with Crippen LogP contribution in [0.4, 0.5) is 5.69 Å². The molecule has 0 aliphatic heterocycles.